The van der Waals surface area contributed by atoms with E-state index in [-0.39, 0.29) is 5.88 Å². The van der Waals surface area contributed by atoms with Gasteiger partial charge in [0.25, 0.3) is 0 Å². The van der Waals surface area contributed by atoms with Gasteiger partial charge in [-0.2, -0.15) is 0 Å². The average molecular weight is 254 g/mol. The van der Waals surface area contributed by atoms with Crippen LogP contribution in [0.5, 0.6) is 11.5 Å². The quantitative estimate of drug-likeness (QED) is 0.786. The van der Waals surface area contributed by atoms with Crippen LogP contribution in [-0.2, 0) is 5.88 Å². The molecular weight excluding hydrogens is 242 g/mol. The van der Waals surface area contributed by atoms with Crippen LogP contribution in [0.3, 0.4) is 0 Å². The van der Waals surface area contributed by atoms with Gasteiger partial charge in [0.2, 0.25) is 0 Å². The van der Waals surface area contributed by atoms with Crippen LogP contribution in [0.1, 0.15) is 5.69 Å². The third kappa shape index (κ3) is 2.08. The van der Waals surface area contributed by atoms with E-state index in [4.69, 9.17) is 25.5 Å². The van der Waals surface area contributed by atoms with Gasteiger partial charge in [0.15, 0.2) is 23.7 Å². The van der Waals surface area contributed by atoms with Crippen LogP contribution >= 0.6 is 11.6 Å². The van der Waals surface area contributed by atoms with Crippen LogP contribution in [0.15, 0.2) is 29.0 Å². The van der Waals surface area contributed by atoms with Crippen LogP contribution in [0.2, 0.25) is 0 Å². The van der Waals surface area contributed by atoms with Gasteiger partial charge >= 0.3 is 0 Å². The SMILES string of the molecule is COc1cccc(-c2ocnc2CCl)c1OC. The Balaban J connectivity index is 2.59. The van der Waals surface area contributed by atoms with Crippen molar-refractivity contribution in [1.29, 1.82) is 0 Å². The lowest BCUT2D eigenvalue weighted by Crippen LogP contribution is -1.93. The highest BCUT2D eigenvalue weighted by Crippen LogP contribution is 2.39. The van der Waals surface area contributed by atoms with E-state index >= 15 is 0 Å². The summed E-state index contributed by atoms with van der Waals surface area (Å²) in [5.74, 6) is 2.14. The van der Waals surface area contributed by atoms with Crippen molar-refractivity contribution in [3.8, 4) is 22.8 Å². The summed E-state index contributed by atoms with van der Waals surface area (Å²) >= 11 is 5.80. The summed E-state index contributed by atoms with van der Waals surface area (Å²) in [4.78, 5) is 4.05. The molecule has 0 aliphatic rings. The number of nitrogens with zero attached hydrogens (tertiary/aromatic N) is 1. The van der Waals surface area contributed by atoms with Crippen molar-refractivity contribution < 1.29 is 13.9 Å². The summed E-state index contributed by atoms with van der Waals surface area (Å²) in [5.41, 5.74) is 1.46. The maximum atomic E-state index is 5.80. The second kappa shape index (κ2) is 5.10. The van der Waals surface area contributed by atoms with Crippen molar-refractivity contribution in [2.24, 2.45) is 0 Å². The van der Waals surface area contributed by atoms with Crippen molar-refractivity contribution in [2.45, 2.75) is 5.88 Å². The van der Waals surface area contributed by atoms with E-state index in [1.165, 1.54) is 6.39 Å². The van der Waals surface area contributed by atoms with Crippen LogP contribution < -0.4 is 9.47 Å². The molecule has 0 aliphatic carbocycles. The van der Waals surface area contributed by atoms with E-state index in [1.54, 1.807) is 14.2 Å². The molecule has 0 amide bonds. The molecule has 1 aromatic heterocycles. The molecule has 0 radical (unpaired) electrons. The predicted molar refractivity (Wildman–Crippen MR) is 64.6 cm³/mol. The van der Waals surface area contributed by atoms with Gasteiger partial charge in [-0.05, 0) is 12.1 Å². The van der Waals surface area contributed by atoms with Crippen LogP contribution in [0.25, 0.3) is 11.3 Å². The third-order valence-corrected chi connectivity index (χ3v) is 2.67. The first-order valence-electron chi connectivity index (χ1n) is 5.01. The summed E-state index contributed by atoms with van der Waals surface area (Å²) < 4.78 is 15.9. The molecule has 0 bridgehead atoms. The van der Waals surface area contributed by atoms with Gasteiger partial charge in [-0.15, -0.1) is 11.6 Å². The lowest BCUT2D eigenvalue weighted by atomic mass is 10.1. The number of hydrogen-bond donors (Lipinski definition) is 0. The van der Waals surface area contributed by atoms with Crippen molar-refractivity contribution >= 4 is 11.6 Å². The summed E-state index contributed by atoms with van der Waals surface area (Å²) in [7, 11) is 3.17. The fourth-order valence-electron chi connectivity index (χ4n) is 1.65. The smallest absolute Gasteiger partial charge is 0.181 e. The van der Waals surface area contributed by atoms with Crippen LogP contribution in [-0.4, -0.2) is 19.2 Å². The number of benzene rings is 1. The number of methoxy groups -OCH3 is 2. The largest absolute Gasteiger partial charge is 0.493 e. The van der Waals surface area contributed by atoms with Gasteiger partial charge < -0.3 is 13.9 Å². The monoisotopic (exact) mass is 253 g/mol. The van der Waals surface area contributed by atoms with Gasteiger partial charge in [-0.25, -0.2) is 4.98 Å². The first-order chi connectivity index (χ1) is 8.31. The highest BCUT2D eigenvalue weighted by Gasteiger charge is 2.17. The van der Waals surface area contributed by atoms with E-state index in [1.807, 2.05) is 18.2 Å². The highest BCUT2D eigenvalue weighted by molar-refractivity contribution is 6.17. The fourth-order valence-corrected chi connectivity index (χ4v) is 1.84. The lowest BCUT2D eigenvalue weighted by molar-refractivity contribution is 0.355. The normalized spacial score (nSPS) is 10.3. The predicted octanol–water partition coefficient (Wildman–Crippen LogP) is 3.10. The Kier molecular flexibility index (Phi) is 3.54. The molecule has 0 N–H and O–H groups in total. The van der Waals surface area contributed by atoms with E-state index in [0.29, 0.717) is 23.0 Å². The Morgan fingerprint density at radius 1 is 1.29 bits per heavy atom. The topological polar surface area (TPSA) is 44.5 Å². The molecule has 0 saturated heterocycles. The number of halogens is 1. The van der Waals surface area contributed by atoms with Gasteiger partial charge in [-0.3, -0.25) is 0 Å². The van der Waals surface area contributed by atoms with Crippen molar-refractivity contribution in [3.63, 3.8) is 0 Å². The molecule has 0 fully saturated rings. The maximum Gasteiger partial charge on any atom is 0.181 e. The number of alkyl halides is 1. The molecule has 0 atom stereocenters. The molecule has 0 aliphatic heterocycles. The Labute approximate surface area is 104 Å². The highest BCUT2D eigenvalue weighted by atomic mass is 35.5. The number of rotatable bonds is 4. The standard InChI is InChI=1S/C12H12ClNO3/c1-15-10-5-3-4-8(12(10)16-2)11-9(6-13)14-7-17-11/h3-5,7H,6H2,1-2H3. The molecule has 2 aromatic rings. The summed E-state index contributed by atoms with van der Waals surface area (Å²) in [6.45, 7) is 0. The molecule has 17 heavy (non-hydrogen) atoms. The first-order valence-corrected chi connectivity index (χ1v) is 5.55. The Morgan fingerprint density at radius 3 is 2.76 bits per heavy atom. The average Bonchev–Trinajstić information content (AvgIpc) is 2.85. The molecule has 2 rings (SSSR count). The minimum atomic E-state index is 0.284. The Morgan fingerprint density at radius 2 is 2.12 bits per heavy atom. The zero-order chi connectivity index (χ0) is 12.3. The third-order valence-electron chi connectivity index (χ3n) is 2.42. The zero-order valence-corrected chi connectivity index (χ0v) is 10.3. The second-order valence-electron chi connectivity index (χ2n) is 3.30. The second-order valence-corrected chi connectivity index (χ2v) is 3.57. The minimum absolute atomic E-state index is 0.284. The number of ether oxygens (including phenoxy) is 2. The number of hydrogen-bond acceptors (Lipinski definition) is 4. The van der Waals surface area contributed by atoms with Crippen LogP contribution in [0.4, 0.5) is 0 Å². The lowest BCUT2D eigenvalue weighted by Gasteiger charge is -2.11. The first kappa shape index (κ1) is 11.8. The fraction of sp³-hybridized carbons (Fsp3) is 0.250. The summed E-state index contributed by atoms with van der Waals surface area (Å²) in [6, 6.07) is 5.55. The minimum Gasteiger partial charge on any atom is -0.493 e. The van der Waals surface area contributed by atoms with Gasteiger partial charge in [0.1, 0.15) is 5.69 Å². The molecular formula is C12H12ClNO3. The van der Waals surface area contributed by atoms with Gasteiger partial charge in [-0.1, -0.05) is 6.07 Å². The Bertz CT molecular complexity index is 510. The van der Waals surface area contributed by atoms with Gasteiger partial charge in [0.05, 0.1) is 25.7 Å². The van der Waals surface area contributed by atoms with E-state index in [0.717, 1.165) is 5.56 Å². The molecule has 0 spiro atoms. The molecule has 5 heteroatoms. The molecule has 0 unspecified atom stereocenters. The number of oxazole rings is 1. The van der Waals surface area contributed by atoms with Crippen LogP contribution in [0, 0.1) is 0 Å². The summed E-state index contributed by atoms with van der Waals surface area (Å²) in [6.07, 6.45) is 1.37. The van der Waals surface area contributed by atoms with Crippen molar-refractivity contribution in [3.05, 3.63) is 30.3 Å². The van der Waals surface area contributed by atoms with E-state index in [2.05, 4.69) is 4.98 Å². The van der Waals surface area contributed by atoms with Gasteiger partial charge in [0, 0.05) is 0 Å². The zero-order valence-electron chi connectivity index (χ0n) is 9.57. The van der Waals surface area contributed by atoms with Crippen molar-refractivity contribution in [1.82, 2.24) is 4.98 Å². The van der Waals surface area contributed by atoms with E-state index in [9.17, 15) is 0 Å². The molecule has 4 nitrogen and oxygen atoms in total. The summed E-state index contributed by atoms with van der Waals surface area (Å²) in [5, 5.41) is 0. The molecule has 1 heterocycles. The Hall–Kier alpha value is -1.68. The number of aromatic nitrogens is 1. The number of para-hydroxylation sites is 1. The molecule has 1 aromatic carbocycles. The molecule has 0 saturated carbocycles. The molecule has 90 valence electrons. The van der Waals surface area contributed by atoms with E-state index < -0.39 is 0 Å². The maximum absolute atomic E-state index is 5.80. The van der Waals surface area contributed by atoms with Crippen molar-refractivity contribution in [2.75, 3.05) is 14.2 Å².